The summed E-state index contributed by atoms with van der Waals surface area (Å²) in [7, 11) is 0. The zero-order valence-corrected chi connectivity index (χ0v) is 3.88. The van der Waals surface area contributed by atoms with Gasteiger partial charge >= 0.3 is 0 Å². The Balaban J connectivity index is 2.43. The van der Waals surface area contributed by atoms with Crippen LogP contribution in [0, 0.1) is 0 Å². The smallest absolute Gasteiger partial charge is 0.224 e. The Morgan fingerprint density at radius 2 is 2.29 bits per heavy atom. The number of hydrogen-bond donors (Lipinski definition) is 3. The Hall–Kier alpha value is -0.160. The Kier molecular flexibility index (Phi) is 0.829. The molecule has 1 aliphatic heterocycles. The topological polar surface area (TPSA) is 61.7 Å². The fourth-order valence-corrected chi connectivity index (χ4v) is 0.282. The summed E-state index contributed by atoms with van der Waals surface area (Å²) in [6, 6.07) is 0. The average molecular weight is 105 g/mol. The first-order chi connectivity index (χ1) is 3.13. The third kappa shape index (κ3) is 0.614. The maximum atomic E-state index is 8.65. The average Bonchev–Trinajstić information content (AvgIpc) is 1.63. The van der Waals surface area contributed by atoms with Crippen molar-refractivity contribution in [2.45, 2.75) is 18.9 Å². The van der Waals surface area contributed by atoms with Gasteiger partial charge < -0.3 is 10.2 Å². The van der Waals surface area contributed by atoms with Gasteiger partial charge in [-0.15, -0.1) is 0 Å². The minimum Gasteiger partial charge on any atom is -0.371 e. The normalized spacial score (nSPS) is 51.0. The first-order valence-corrected chi connectivity index (χ1v) is 1.97. The van der Waals surface area contributed by atoms with Crippen molar-refractivity contribution >= 4 is 0 Å². The number of hydrogen-bond acceptors (Lipinski definition) is 4. The van der Waals surface area contributed by atoms with Crippen LogP contribution in [0.1, 0.15) is 6.92 Å². The monoisotopic (exact) mass is 105 g/mol. The molecule has 3 N–H and O–H groups in total. The molecule has 1 heterocycles. The van der Waals surface area contributed by atoms with Gasteiger partial charge in [-0.3, -0.25) is 4.84 Å². The molecule has 0 amide bonds. The van der Waals surface area contributed by atoms with Crippen LogP contribution in [-0.4, -0.2) is 22.2 Å². The van der Waals surface area contributed by atoms with Gasteiger partial charge in [-0.25, -0.2) is 0 Å². The molecule has 4 nitrogen and oxygen atoms in total. The summed E-state index contributed by atoms with van der Waals surface area (Å²) in [5, 5.41) is 17.1. The summed E-state index contributed by atoms with van der Waals surface area (Å²) in [5.41, 5.74) is 2.10. The van der Waals surface area contributed by atoms with Gasteiger partial charge in [0, 0.05) is 0 Å². The SMILES string of the molecule is C[C@]1(O)ONC1O. The lowest BCUT2D eigenvalue weighted by Crippen LogP contribution is -2.64. The standard InChI is InChI=1S/C3H7NO3/c1-3(6)2(5)4-7-3/h2,4-6H,1H3/t2?,3-/m0/s1. The van der Waals surface area contributed by atoms with Crippen molar-refractivity contribution in [3.8, 4) is 0 Å². The van der Waals surface area contributed by atoms with E-state index in [2.05, 4.69) is 10.3 Å². The molecule has 0 aromatic carbocycles. The van der Waals surface area contributed by atoms with E-state index in [1.54, 1.807) is 0 Å². The molecule has 0 aromatic heterocycles. The Morgan fingerprint density at radius 3 is 2.29 bits per heavy atom. The van der Waals surface area contributed by atoms with Crippen LogP contribution in [0.15, 0.2) is 0 Å². The van der Waals surface area contributed by atoms with Crippen molar-refractivity contribution in [3.05, 3.63) is 0 Å². The van der Waals surface area contributed by atoms with Crippen molar-refractivity contribution in [1.29, 1.82) is 0 Å². The molecule has 0 radical (unpaired) electrons. The lowest BCUT2D eigenvalue weighted by molar-refractivity contribution is -0.392. The number of aliphatic hydroxyl groups is 2. The van der Waals surface area contributed by atoms with E-state index in [1.807, 2.05) is 0 Å². The second-order valence-electron chi connectivity index (χ2n) is 1.68. The number of nitrogens with one attached hydrogen (secondary N) is 1. The Morgan fingerprint density at radius 1 is 1.86 bits per heavy atom. The van der Waals surface area contributed by atoms with E-state index in [0.717, 1.165) is 0 Å². The van der Waals surface area contributed by atoms with Gasteiger partial charge in [-0.2, -0.15) is 5.48 Å². The zero-order chi connectivity index (χ0) is 5.49. The van der Waals surface area contributed by atoms with Gasteiger partial charge in [-0.05, 0) is 6.92 Å². The Labute approximate surface area is 40.7 Å². The fraction of sp³-hybridized carbons (Fsp3) is 1.00. The van der Waals surface area contributed by atoms with Crippen LogP contribution >= 0.6 is 0 Å². The van der Waals surface area contributed by atoms with Gasteiger partial charge in [0.25, 0.3) is 0 Å². The highest BCUT2D eigenvalue weighted by Crippen LogP contribution is 2.16. The van der Waals surface area contributed by atoms with E-state index in [1.165, 1.54) is 6.92 Å². The van der Waals surface area contributed by atoms with Crippen molar-refractivity contribution in [3.63, 3.8) is 0 Å². The molecule has 0 aromatic rings. The third-order valence-corrected chi connectivity index (χ3v) is 0.885. The molecule has 7 heavy (non-hydrogen) atoms. The number of aliphatic hydroxyl groups excluding tert-OH is 1. The highest BCUT2D eigenvalue weighted by atomic mass is 16.8. The minimum absolute atomic E-state index is 0.938. The number of rotatable bonds is 0. The van der Waals surface area contributed by atoms with Crippen LogP contribution in [0.3, 0.4) is 0 Å². The second kappa shape index (κ2) is 1.16. The molecule has 42 valence electrons. The molecule has 0 bridgehead atoms. The van der Waals surface area contributed by atoms with Gasteiger partial charge in [0.15, 0.2) is 6.23 Å². The third-order valence-electron chi connectivity index (χ3n) is 0.885. The summed E-state index contributed by atoms with van der Waals surface area (Å²) in [4.78, 5) is 4.29. The molecule has 0 saturated carbocycles. The molecular formula is C3H7NO3. The number of hydroxylamine groups is 1. The molecule has 0 spiro atoms. The van der Waals surface area contributed by atoms with Gasteiger partial charge in [-0.1, -0.05) is 0 Å². The van der Waals surface area contributed by atoms with Crippen LogP contribution in [-0.2, 0) is 4.84 Å². The predicted octanol–water partition coefficient (Wildman–Crippen LogP) is -1.45. The summed E-state index contributed by atoms with van der Waals surface area (Å²) < 4.78 is 0. The molecule has 1 fully saturated rings. The largest absolute Gasteiger partial charge is 0.371 e. The van der Waals surface area contributed by atoms with Crippen LogP contribution in [0.4, 0.5) is 0 Å². The summed E-state index contributed by atoms with van der Waals surface area (Å²) in [6.45, 7) is 1.37. The molecule has 1 saturated heterocycles. The van der Waals surface area contributed by atoms with Crippen molar-refractivity contribution in [1.82, 2.24) is 5.48 Å². The Bertz CT molecular complexity index is 82.2. The minimum atomic E-state index is -1.38. The maximum absolute atomic E-state index is 8.65. The van der Waals surface area contributed by atoms with Crippen LogP contribution < -0.4 is 5.48 Å². The van der Waals surface area contributed by atoms with E-state index in [0.29, 0.717) is 0 Å². The van der Waals surface area contributed by atoms with E-state index < -0.39 is 12.0 Å². The summed E-state index contributed by atoms with van der Waals surface area (Å²) in [6.07, 6.45) is -0.938. The molecule has 0 aliphatic carbocycles. The molecule has 1 unspecified atom stereocenters. The molecule has 1 aliphatic rings. The van der Waals surface area contributed by atoms with Crippen LogP contribution in [0.25, 0.3) is 0 Å². The van der Waals surface area contributed by atoms with E-state index >= 15 is 0 Å². The van der Waals surface area contributed by atoms with Crippen molar-refractivity contribution in [2.75, 3.05) is 0 Å². The molecule has 4 heteroatoms. The zero-order valence-electron chi connectivity index (χ0n) is 3.88. The van der Waals surface area contributed by atoms with E-state index in [4.69, 9.17) is 10.2 Å². The van der Waals surface area contributed by atoms with Crippen molar-refractivity contribution < 1.29 is 15.1 Å². The van der Waals surface area contributed by atoms with Crippen LogP contribution in [0.2, 0.25) is 0 Å². The highest BCUT2D eigenvalue weighted by Gasteiger charge is 2.41. The molecule has 1 rings (SSSR count). The summed E-state index contributed by atoms with van der Waals surface area (Å²) >= 11 is 0. The van der Waals surface area contributed by atoms with Gasteiger partial charge in [0.2, 0.25) is 5.79 Å². The van der Waals surface area contributed by atoms with Crippen LogP contribution in [0.5, 0.6) is 0 Å². The lowest BCUT2D eigenvalue weighted by Gasteiger charge is -2.38. The second-order valence-corrected chi connectivity index (χ2v) is 1.68. The van der Waals surface area contributed by atoms with E-state index in [9.17, 15) is 0 Å². The molecular weight excluding hydrogens is 98.0 g/mol. The lowest BCUT2D eigenvalue weighted by atomic mass is 10.2. The summed E-state index contributed by atoms with van der Waals surface area (Å²) in [5.74, 6) is -1.38. The maximum Gasteiger partial charge on any atom is 0.224 e. The quantitative estimate of drug-likeness (QED) is 0.352. The predicted molar refractivity (Wildman–Crippen MR) is 20.9 cm³/mol. The first kappa shape index (κ1) is 4.99. The fourth-order valence-electron chi connectivity index (χ4n) is 0.282. The molecule has 2 atom stereocenters. The highest BCUT2D eigenvalue weighted by molar-refractivity contribution is 4.72. The van der Waals surface area contributed by atoms with Gasteiger partial charge in [0.1, 0.15) is 0 Å². The first-order valence-electron chi connectivity index (χ1n) is 1.97. The van der Waals surface area contributed by atoms with Gasteiger partial charge in [0.05, 0.1) is 0 Å². The van der Waals surface area contributed by atoms with Crippen molar-refractivity contribution in [2.24, 2.45) is 0 Å². The van der Waals surface area contributed by atoms with E-state index in [-0.39, 0.29) is 0 Å².